The molecule has 2 atom stereocenters. The Kier molecular flexibility index (Phi) is 10.2. The second kappa shape index (κ2) is 11.8. The van der Waals surface area contributed by atoms with Crippen molar-refractivity contribution in [3.8, 4) is 5.75 Å². The predicted molar refractivity (Wildman–Crippen MR) is 115 cm³/mol. The molecule has 0 fully saturated rings. The molecule has 8 heteroatoms. The van der Waals surface area contributed by atoms with Gasteiger partial charge in [-0.15, -0.1) is 0 Å². The van der Waals surface area contributed by atoms with E-state index in [4.69, 9.17) is 9.26 Å². The van der Waals surface area contributed by atoms with Crippen LogP contribution in [-0.4, -0.2) is 23.8 Å². The first-order chi connectivity index (χ1) is 14.1. The largest absolute Gasteiger partial charge is 0.462 e. The third-order valence-electron chi connectivity index (χ3n) is 3.74. The molecule has 0 aromatic heterocycles. The molecule has 0 spiro atoms. The summed E-state index contributed by atoms with van der Waals surface area (Å²) in [4.78, 5) is 12.5. The molecule has 0 aliphatic rings. The normalized spacial score (nSPS) is 14.1. The zero-order chi connectivity index (χ0) is 22.8. The number of ether oxygens (including phenoxy) is 1. The first-order valence-corrected chi connectivity index (χ1v) is 11.5. The van der Waals surface area contributed by atoms with E-state index in [1.54, 1.807) is 62.4 Å². The average Bonchev–Trinajstić information content (AvgIpc) is 2.69. The van der Waals surface area contributed by atoms with E-state index in [1.807, 2.05) is 13.8 Å². The van der Waals surface area contributed by atoms with Crippen LogP contribution in [0.3, 0.4) is 0 Å². The Morgan fingerprint density at radius 3 is 2.00 bits per heavy atom. The van der Waals surface area contributed by atoms with Gasteiger partial charge < -0.3 is 9.26 Å². The monoisotopic (exact) mass is 441 g/mol. The molecule has 0 radical (unpaired) electrons. The van der Waals surface area contributed by atoms with Crippen molar-refractivity contribution in [3.63, 3.8) is 0 Å². The molecule has 0 amide bonds. The summed E-state index contributed by atoms with van der Waals surface area (Å²) in [5.41, 5.74) is -3.03. The summed E-state index contributed by atoms with van der Waals surface area (Å²) in [6, 6.07) is 15.2. The molecule has 2 aromatic rings. The molecule has 1 N–H and O–H groups in total. The standard InChI is InChI=1S/C20H24F2NO4P.C2H6/c1-15(2)26-19(24)18(14-16-10-6-4-7-11-16)23-28(25,20(3,21)22)27-17-12-8-5-9-13-17;1-2/h4-13,15,18H,14H2,1-3H3,(H,23,25);1-2H3/t18-,28?;/m0./s1. The van der Waals surface area contributed by atoms with E-state index in [0.717, 1.165) is 0 Å². The lowest BCUT2D eigenvalue weighted by molar-refractivity contribution is -0.149. The molecule has 0 aliphatic heterocycles. The van der Waals surface area contributed by atoms with E-state index >= 15 is 0 Å². The van der Waals surface area contributed by atoms with Gasteiger partial charge in [-0.05, 0) is 38.0 Å². The molecule has 1 unspecified atom stereocenters. The van der Waals surface area contributed by atoms with Gasteiger partial charge in [0, 0.05) is 6.92 Å². The molecule has 0 bridgehead atoms. The first-order valence-electron chi connectivity index (χ1n) is 9.85. The van der Waals surface area contributed by atoms with E-state index in [-0.39, 0.29) is 12.2 Å². The summed E-state index contributed by atoms with van der Waals surface area (Å²) >= 11 is 0. The molecule has 2 aromatic carbocycles. The summed E-state index contributed by atoms with van der Waals surface area (Å²) in [5, 5.41) is 2.28. The van der Waals surface area contributed by atoms with Crippen LogP contribution in [0, 0.1) is 0 Å². The Bertz CT molecular complexity index is 811. The van der Waals surface area contributed by atoms with Gasteiger partial charge in [0.1, 0.15) is 11.8 Å². The summed E-state index contributed by atoms with van der Waals surface area (Å²) in [7, 11) is -4.80. The van der Waals surface area contributed by atoms with Crippen molar-refractivity contribution in [2.45, 2.75) is 58.8 Å². The lowest BCUT2D eigenvalue weighted by atomic mass is 10.1. The van der Waals surface area contributed by atoms with Crippen LogP contribution >= 0.6 is 7.52 Å². The van der Waals surface area contributed by atoms with Gasteiger partial charge in [0.2, 0.25) is 0 Å². The number of hydrogen-bond acceptors (Lipinski definition) is 4. The highest BCUT2D eigenvalue weighted by atomic mass is 31.2. The SMILES string of the molecule is CC.CC(C)OC(=O)[C@H](Cc1ccccc1)NP(=O)(Oc1ccccc1)C(C)(F)F. The number of para-hydroxylation sites is 1. The quantitative estimate of drug-likeness (QED) is 0.379. The van der Waals surface area contributed by atoms with Crippen molar-refractivity contribution in [3.05, 3.63) is 66.2 Å². The highest BCUT2D eigenvalue weighted by Crippen LogP contribution is 2.57. The number of rotatable bonds is 9. The van der Waals surface area contributed by atoms with Crippen LogP contribution in [0.5, 0.6) is 5.75 Å². The summed E-state index contributed by atoms with van der Waals surface area (Å²) in [6.45, 7) is 7.79. The highest BCUT2D eigenvalue weighted by molar-refractivity contribution is 7.58. The van der Waals surface area contributed by atoms with Crippen LogP contribution in [0.15, 0.2) is 60.7 Å². The fourth-order valence-electron chi connectivity index (χ4n) is 2.40. The van der Waals surface area contributed by atoms with Crippen LogP contribution in [0.1, 0.15) is 40.2 Å². The first kappa shape index (κ1) is 25.8. The highest BCUT2D eigenvalue weighted by Gasteiger charge is 2.51. The number of alkyl halides is 2. The third-order valence-corrected chi connectivity index (χ3v) is 5.89. The second-order valence-corrected chi connectivity index (χ2v) is 8.98. The minimum atomic E-state index is -4.80. The number of carbonyl (C=O) groups excluding carboxylic acids is 1. The Balaban J connectivity index is 0.00000218. The molecule has 5 nitrogen and oxygen atoms in total. The average molecular weight is 441 g/mol. The maximum absolute atomic E-state index is 14.3. The van der Waals surface area contributed by atoms with E-state index in [9.17, 15) is 18.1 Å². The number of nitrogens with one attached hydrogen (secondary N) is 1. The van der Waals surface area contributed by atoms with Crippen molar-refractivity contribution >= 4 is 13.5 Å². The van der Waals surface area contributed by atoms with E-state index in [2.05, 4.69) is 5.09 Å². The van der Waals surface area contributed by atoms with Crippen molar-refractivity contribution in [2.75, 3.05) is 0 Å². The molecule has 0 heterocycles. The summed E-state index contributed by atoms with van der Waals surface area (Å²) in [6.07, 6.45) is -0.436. The van der Waals surface area contributed by atoms with Crippen molar-refractivity contribution in [1.82, 2.24) is 5.09 Å². The van der Waals surface area contributed by atoms with Crippen LogP contribution in [-0.2, 0) is 20.5 Å². The predicted octanol–water partition coefficient (Wildman–Crippen LogP) is 6.05. The smallest absolute Gasteiger partial charge is 0.385 e. The Morgan fingerprint density at radius 2 is 1.53 bits per heavy atom. The molecule has 0 aliphatic carbocycles. The molecule has 0 saturated carbocycles. The molecule has 30 heavy (non-hydrogen) atoms. The van der Waals surface area contributed by atoms with E-state index < -0.39 is 31.3 Å². The van der Waals surface area contributed by atoms with Gasteiger partial charge in [-0.2, -0.15) is 8.78 Å². The van der Waals surface area contributed by atoms with Crippen molar-refractivity contribution in [1.29, 1.82) is 0 Å². The fraction of sp³-hybridized carbons (Fsp3) is 0.409. The molecule has 2 rings (SSSR count). The minimum Gasteiger partial charge on any atom is -0.462 e. The maximum Gasteiger partial charge on any atom is 0.385 e. The Hall–Kier alpha value is -2.24. The number of hydrogen-bond donors (Lipinski definition) is 1. The van der Waals surface area contributed by atoms with Gasteiger partial charge in [-0.25, -0.2) is 5.09 Å². The van der Waals surface area contributed by atoms with Crippen LogP contribution in [0.4, 0.5) is 8.78 Å². The zero-order valence-electron chi connectivity index (χ0n) is 18.0. The Morgan fingerprint density at radius 1 is 1.03 bits per heavy atom. The molecule has 0 saturated heterocycles. The molecular formula is C22H30F2NO4P. The summed E-state index contributed by atoms with van der Waals surface area (Å²) < 4.78 is 52.0. The van der Waals surface area contributed by atoms with Gasteiger partial charge >= 0.3 is 19.2 Å². The van der Waals surface area contributed by atoms with Crippen LogP contribution in [0.2, 0.25) is 0 Å². The number of carbonyl (C=O) groups is 1. The Labute approximate surface area is 177 Å². The van der Waals surface area contributed by atoms with Crippen molar-refractivity contribution < 1.29 is 27.4 Å². The zero-order valence-corrected chi connectivity index (χ0v) is 18.9. The molecule has 166 valence electrons. The lowest BCUT2D eigenvalue weighted by Gasteiger charge is -2.29. The topological polar surface area (TPSA) is 64.6 Å². The van der Waals surface area contributed by atoms with E-state index in [1.165, 1.54) is 12.1 Å². The maximum atomic E-state index is 14.3. The van der Waals surface area contributed by atoms with Crippen molar-refractivity contribution in [2.24, 2.45) is 0 Å². The van der Waals surface area contributed by atoms with Gasteiger partial charge in [0.05, 0.1) is 6.10 Å². The van der Waals surface area contributed by atoms with Crippen LogP contribution in [0.25, 0.3) is 0 Å². The number of esters is 1. The fourth-order valence-corrected chi connectivity index (χ4v) is 3.87. The molecular weight excluding hydrogens is 411 g/mol. The van der Waals surface area contributed by atoms with E-state index in [0.29, 0.717) is 12.5 Å². The van der Waals surface area contributed by atoms with Gasteiger partial charge in [0.15, 0.2) is 0 Å². The van der Waals surface area contributed by atoms with Gasteiger partial charge in [-0.3, -0.25) is 9.36 Å². The third kappa shape index (κ3) is 7.88. The minimum absolute atomic E-state index is 0.00977. The number of halogens is 2. The second-order valence-electron chi connectivity index (χ2n) is 6.65. The lowest BCUT2D eigenvalue weighted by Crippen LogP contribution is -2.42. The number of benzene rings is 2. The summed E-state index contributed by atoms with van der Waals surface area (Å²) in [5.74, 6) is -0.768. The van der Waals surface area contributed by atoms with Gasteiger partial charge in [-0.1, -0.05) is 62.4 Å². The van der Waals surface area contributed by atoms with Crippen LogP contribution < -0.4 is 9.61 Å². The van der Waals surface area contributed by atoms with Gasteiger partial charge in [0.25, 0.3) is 0 Å².